The first-order valence-electron chi connectivity index (χ1n) is 7.88. The molecule has 1 heterocycles. The van der Waals surface area contributed by atoms with E-state index in [0.29, 0.717) is 18.1 Å². The van der Waals surface area contributed by atoms with Crippen LogP contribution >= 0.6 is 0 Å². The van der Waals surface area contributed by atoms with E-state index in [1.54, 1.807) is 5.56 Å². The van der Waals surface area contributed by atoms with Crippen molar-refractivity contribution in [2.24, 2.45) is 0 Å². The minimum atomic E-state index is 0.521. The molecule has 1 aromatic rings. The Labute approximate surface area is 117 Å². The van der Waals surface area contributed by atoms with Crippen molar-refractivity contribution in [3.05, 3.63) is 35.4 Å². The highest BCUT2D eigenvalue weighted by atomic mass is 15.5. The lowest BCUT2D eigenvalue weighted by Gasteiger charge is -2.42. The lowest BCUT2D eigenvalue weighted by atomic mass is 9.88. The van der Waals surface area contributed by atoms with Gasteiger partial charge in [0, 0.05) is 18.1 Å². The molecule has 0 aromatic heterocycles. The van der Waals surface area contributed by atoms with Crippen molar-refractivity contribution in [2.45, 2.75) is 70.5 Å². The number of rotatable bonds is 2. The van der Waals surface area contributed by atoms with Crippen molar-refractivity contribution in [3.63, 3.8) is 0 Å². The predicted octanol–water partition coefficient (Wildman–Crippen LogP) is 3.83. The third-order valence-electron chi connectivity index (χ3n) is 4.87. The molecule has 1 saturated heterocycles. The number of piperidine rings is 1. The maximum Gasteiger partial charge on any atom is 0.0467 e. The van der Waals surface area contributed by atoms with Gasteiger partial charge in [-0.25, -0.2) is 10.4 Å². The third-order valence-corrected chi connectivity index (χ3v) is 4.87. The van der Waals surface area contributed by atoms with Gasteiger partial charge in [-0.05, 0) is 57.1 Å². The van der Waals surface area contributed by atoms with Crippen molar-refractivity contribution in [2.75, 3.05) is 0 Å². The summed E-state index contributed by atoms with van der Waals surface area (Å²) in [5.41, 5.74) is 6.92. The molecule has 1 N–H and O–H groups in total. The first-order chi connectivity index (χ1) is 9.25. The second-order valence-corrected chi connectivity index (χ2v) is 6.31. The van der Waals surface area contributed by atoms with Gasteiger partial charge in [-0.1, -0.05) is 30.7 Å². The van der Waals surface area contributed by atoms with Gasteiger partial charge in [0.15, 0.2) is 0 Å². The molecule has 2 heteroatoms. The topological polar surface area (TPSA) is 15.3 Å². The van der Waals surface area contributed by atoms with Gasteiger partial charge in [0.25, 0.3) is 0 Å². The molecule has 0 amide bonds. The van der Waals surface area contributed by atoms with Crippen LogP contribution in [0.25, 0.3) is 0 Å². The first-order valence-corrected chi connectivity index (χ1v) is 7.88. The zero-order chi connectivity index (χ0) is 13.2. The maximum absolute atomic E-state index is 3.85. The van der Waals surface area contributed by atoms with Crippen LogP contribution in [-0.2, 0) is 6.42 Å². The zero-order valence-electron chi connectivity index (χ0n) is 12.2. The van der Waals surface area contributed by atoms with Crippen LogP contribution in [0.4, 0.5) is 0 Å². The summed E-state index contributed by atoms with van der Waals surface area (Å²) in [5.74, 6) is 0. The Kier molecular flexibility index (Phi) is 3.90. The molecular weight excluding hydrogens is 232 g/mol. The highest BCUT2D eigenvalue weighted by Crippen LogP contribution is 2.31. The summed E-state index contributed by atoms with van der Waals surface area (Å²) >= 11 is 0. The molecule has 3 atom stereocenters. The Morgan fingerprint density at radius 3 is 2.53 bits per heavy atom. The number of aryl methyl sites for hydroxylation is 1. The van der Waals surface area contributed by atoms with Crippen LogP contribution in [0.2, 0.25) is 0 Å². The molecule has 0 bridgehead atoms. The van der Waals surface area contributed by atoms with Gasteiger partial charge in [-0.3, -0.25) is 0 Å². The smallest absolute Gasteiger partial charge is 0.0467 e. The Bertz CT molecular complexity index is 419. The van der Waals surface area contributed by atoms with Crippen LogP contribution in [-0.4, -0.2) is 17.1 Å². The standard InChI is InChI=1S/C17H26N2/c1-13-7-5-8-14(2)19(13)18-17-12-6-10-15-9-3-4-11-16(15)17/h3-4,9,11,13-14,17-18H,5-8,10,12H2,1-2H3. The van der Waals surface area contributed by atoms with Crippen LogP contribution in [0, 0.1) is 0 Å². The van der Waals surface area contributed by atoms with Crippen molar-refractivity contribution in [3.8, 4) is 0 Å². The predicted molar refractivity (Wildman–Crippen MR) is 79.9 cm³/mol. The quantitative estimate of drug-likeness (QED) is 0.867. The van der Waals surface area contributed by atoms with E-state index in [2.05, 4.69) is 48.5 Å². The number of fused-ring (bicyclic) bond motifs is 1. The summed E-state index contributed by atoms with van der Waals surface area (Å²) in [7, 11) is 0. The van der Waals surface area contributed by atoms with E-state index in [0.717, 1.165) is 0 Å². The number of hydrogen-bond donors (Lipinski definition) is 1. The molecule has 3 rings (SSSR count). The van der Waals surface area contributed by atoms with Crippen molar-refractivity contribution in [1.82, 2.24) is 10.4 Å². The molecule has 1 aromatic carbocycles. The number of hydrogen-bond acceptors (Lipinski definition) is 2. The van der Waals surface area contributed by atoms with Crippen molar-refractivity contribution >= 4 is 0 Å². The van der Waals surface area contributed by atoms with E-state index in [1.165, 1.54) is 44.1 Å². The van der Waals surface area contributed by atoms with Gasteiger partial charge in [0.05, 0.1) is 0 Å². The van der Waals surface area contributed by atoms with Crippen LogP contribution < -0.4 is 5.43 Å². The van der Waals surface area contributed by atoms with Gasteiger partial charge in [0.2, 0.25) is 0 Å². The van der Waals surface area contributed by atoms with E-state index in [1.807, 2.05) is 0 Å². The van der Waals surface area contributed by atoms with Gasteiger partial charge < -0.3 is 0 Å². The normalized spacial score (nSPS) is 32.0. The Balaban J connectivity index is 1.77. The third kappa shape index (κ3) is 2.70. The van der Waals surface area contributed by atoms with E-state index in [9.17, 15) is 0 Å². The summed E-state index contributed by atoms with van der Waals surface area (Å²) in [6, 6.07) is 10.8. The molecule has 104 valence electrons. The number of hydrazine groups is 1. The number of benzene rings is 1. The Hall–Kier alpha value is -0.860. The SMILES string of the molecule is CC1CCCC(C)N1NC1CCCc2ccccc21. The molecule has 0 radical (unpaired) electrons. The monoisotopic (exact) mass is 258 g/mol. The zero-order valence-corrected chi connectivity index (χ0v) is 12.2. The average molecular weight is 258 g/mol. The minimum Gasteiger partial charge on any atom is -0.247 e. The van der Waals surface area contributed by atoms with E-state index in [-0.39, 0.29) is 0 Å². The van der Waals surface area contributed by atoms with E-state index >= 15 is 0 Å². The first kappa shape index (κ1) is 13.1. The molecule has 19 heavy (non-hydrogen) atoms. The fourth-order valence-electron chi connectivity index (χ4n) is 3.74. The number of nitrogens with zero attached hydrogens (tertiary/aromatic N) is 1. The fraction of sp³-hybridized carbons (Fsp3) is 0.647. The molecule has 1 fully saturated rings. The van der Waals surface area contributed by atoms with Gasteiger partial charge in [-0.15, -0.1) is 0 Å². The average Bonchev–Trinajstić information content (AvgIpc) is 2.43. The molecule has 1 aliphatic carbocycles. The van der Waals surface area contributed by atoms with Crippen LogP contribution in [0.3, 0.4) is 0 Å². The summed E-state index contributed by atoms with van der Waals surface area (Å²) in [5, 5.41) is 2.52. The molecular formula is C17H26N2. The summed E-state index contributed by atoms with van der Waals surface area (Å²) < 4.78 is 0. The Morgan fingerprint density at radius 2 is 1.74 bits per heavy atom. The second kappa shape index (κ2) is 5.64. The highest BCUT2D eigenvalue weighted by Gasteiger charge is 2.28. The largest absolute Gasteiger partial charge is 0.247 e. The molecule has 2 aliphatic rings. The molecule has 0 saturated carbocycles. The molecule has 1 aliphatic heterocycles. The summed E-state index contributed by atoms with van der Waals surface area (Å²) in [6.07, 6.45) is 7.86. The van der Waals surface area contributed by atoms with E-state index in [4.69, 9.17) is 0 Å². The molecule has 0 spiro atoms. The van der Waals surface area contributed by atoms with Gasteiger partial charge in [-0.2, -0.15) is 0 Å². The van der Waals surface area contributed by atoms with Gasteiger partial charge in [0.1, 0.15) is 0 Å². The minimum absolute atomic E-state index is 0.521. The van der Waals surface area contributed by atoms with Gasteiger partial charge >= 0.3 is 0 Å². The van der Waals surface area contributed by atoms with Crippen LogP contribution in [0.15, 0.2) is 24.3 Å². The van der Waals surface area contributed by atoms with E-state index < -0.39 is 0 Å². The lowest BCUT2D eigenvalue weighted by molar-refractivity contribution is 0.0261. The molecule has 3 unspecified atom stereocenters. The summed E-state index contributed by atoms with van der Waals surface area (Å²) in [6.45, 7) is 4.72. The van der Waals surface area contributed by atoms with Crippen molar-refractivity contribution < 1.29 is 0 Å². The Morgan fingerprint density at radius 1 is 1.00 bits per heavy atom. The fourth-order valence-corrected chi connectivity index (χ4v) is 3.74. The van der Waals surface area contributed by atoms with Crippen molar-refractivity contribution in [1.29, 1.82) is 0 Å². The van der Waals surface area contributed by atoms with Crippen LogP contribution in [0.1, 0.15) is 63.1 Å². The van der Waals surface area contributed by atoms with Crippen LogP contribution in [0.5, 0.6) is 0 Å². The maximum atomic E-state index is 3.85. The molecule has 2 nitrogen and oxygen atoms in total. The lowest BCUT2D eigenvalue weighted by Crippen LogP contribution is -2.53. The highest BCUT2D eigenvalue weighted by molar-refractivity contribution is 5.32. The number of nitrogens with one attached hydrogen (secondary N) is 1. The summed E-state index contributed by atoms with van der Waals surface area (Å²) in [4.78, 5) is 0. The second-order valence-electron chi connectivity index (χ2n) is 6.31.